The molecule has 0 heterocycles. The van der Waals surface area contributed by atoms with Crippen molar-refractivity contribution in [1.29, 1.82) is 0 Å². The molecule has 0 saturated heterocycles. The summed E-state index contributed by atoms with van der Waals surface area (Å²) < 4.78 is 0. The highest BCUT2D eigenvalue weighted by Gasteiger charge is 2.15. The van der Waals surface area contributed by atoms with Crippen molar-refractivity contribution >= 4 is 29.3 Å². The van der Waals surface area contributed by atoms with E-state index in [9.17, 15) is 9.59 Å². The molecule has 2 aromatic carbocycles. The lowest BCUT2D eigenvalue weighted by molar-refractivity contribution is 0.0995. The molecule has 1 aliphatic carbocycles. The Morgan fingerprint density at radius 3 is 2.27 bits per heavy atom. The van der Waals surface area contributed by atoms with Gasteiger partial charge in [-0.3, -0.25) is 9.59 Å². The molecule has 1 fully saturated rings. The second kappa shape index (κ2) is 8.41. The van der Waals surface area contributed by atoms with Crippen molar-refractivity contribution < 1.29 is 9.59 Å². The molecule has 0 spiro atoms. The first-order valence-corrected chi connectivity index (χ1v) is 9.89. The lowest BCUT2D eigenvalue weighted by Crippen LogP contribution is -2.14. The molecule has 0 unspecified atom stereocenters. The first-order valence-electron chi connectivity index (χ1n) is 9.01. The van der Waals surface area contributed by atoms with Crippen LogP contribution in [0, 0.1) is 6.92 Å². The number of hydrogen-bond donors (Lipinski definition) is 2. The van der Waals surface area contributed by atoms with Gasteiger partial charge in [0, 0.05) is 27.0 Å². The molecule has 0 radical (unpaired) electrons. The molecular weight excluding hydrogens is 344 g/mol. The summed E-state index contributed by atoms with van der Waals surface area (Å²) in [4.78, 5) is 24.8. The van der Waals surface area contributed by atoms with E-state index in [2.05, 4.69) is 17.4 Å². The Hall–Kier alpha value is -2.27. The minimum absolute atomic E-state index is 0.197. The number of anilines is 1. The van der Waals surface area contributed by atoms with E-state index in [1.807, 2.05) is 24.8 Å². The predicted octanol–water partition coefficient (Wildman–Crippen LogP) is 4.77. The maximum Gasteiger partial charge on any atom is 0.255 e. The Balaban J connectivity index is 1.65. The smallest absolute Gasteiger partial charge is 0.255 e. The monoisotopic (exact) mass is 368 g/mol. The van der Waals surface area contributed by atoms with Gasteiger partial charge in [0.15, 0.2) is 0 Å². The summed E-state index contributed by atoms with van der Waals surface area (Å²) in [6.45, 7) is 2.01. The standard InChI is InChI=1S/C21H24N2O2S/c1-14-13-18(26-17-5-3-2-4-6-17)11-12-19(14)23-21(25)16-9-7-15(8-10-16)20(22)24/h7-13,17H,2-6H2,1H3,(H2,22,24)(H,23,25). The molecule has 1 saturated carbocycles. The van der Waals surface area contributed by atoms with Crippen molar-refractivity contribution in [2.75, 3.05) is 5.32 Å². The molecule has 3 N–H and O–H groups in total. The molecular formula is C21H24N2O2S. The van der Waals surface area contributed by atoms with Crippen LogP contribution in [0.3, 0.4) is 0 Å². The average molecular weight is 369 g/mol. The Kier molecular flexibility index (Phi) is 5.99. The number of rotatable bonds is 5. The largest absolute Gasteiger partial charge is 0.366 e. The van der Waals surface area contributed by atoms with Crippen LogP contribution in [0.25, 0.3) is 0 Å². The number of nitrogens with one attached hydrogen (secondary N) is 1. The van der Waals surface area contributed by atoms with E-state index >= 15 is 0 Å². The lowest BCUT2D eigenvalue weighted by Gasteiger charge is -2.21. The minimum Gasteiger partial charge on any atom is -0.366 e. The number of amides is 2. The quantitative estimate of drug-likeness (QED) is 0.798. The summed E-state index contributed by atoms with van der Waals surface area (Å²) in [7, 11) is 0. The first-order chi connectivity index (χ1) is 12.5. The van der Waals surface area contributed by atoms with Gasteiger partial charge in [0.1, 0.15) is 0 Å². The van der Waals surface area contributed by atoms with Gasteiger partial charge < -0.3 is 11.1 Å². The molecule has 2 aromatic rings. The van der Waals surface area contributed by atoms with E-state index in [1.165, 1.54) is 37.0 Å². The Morgan fingerprint density at radius 1 is 1.00 bits per heavy atom. The number of benzene rings is 2. The average Bonchev–Trinajstić information content (AvgIpc) is 2.65. The Bertz CT molecular complexity index is 796. The molecule has 0 aliphatic heterocycles. The van der Waals surface area contributed by atoms with Gasteiger partial charge in [-0.15, -0.1) is 11.8 Å². The van der Waals surface area contributed by atoms with E-state index in [4.69, 9.17) is 5.73 Å². The van der Waals surface area contributed by atoms with Gasteiger partial charge >= 0.3 is 0 Å². The molecule has 0 bridgehead atoms. The molecule has 4 nitrogen and oxygen atoms in total. The maximum absolute atomic E-state index is 12.4. The summed E-state index contributed by atoms with van der Waals surface area (Å²) in [5, 5.41) is 3.66. The molecule has 0 aromatic heterocycles. The second-order valence-electron chi connectivity index (χ2n) is 6.75. The highest BCUT2D eigenvalue weighted by Crippen LogP contribution is 2.35. The summed E-state index contributed by atoms with van der Waals surface area (Å²) in [5.74, 6) is -0.698. The lowest BCUT2D eigenvalue weighted by atomic mass is 10.0. The van der Waals surface area contributed by atoms with Gasteiger partial charge in [-0.1, -0.05) is 19.3 Å². The van der Waals surface area contributed by atoms with Crippen molar-refractivity contribution in [3.05, 3.63) is 59.2 Å². The maximum atomic E-state index is 12.4. The van der Waals surface area contributed by atoms with Crippen molar-refractivity contribution in [1.82, 2.24) is 0 Å². The summed E-state index contributed by atoms with van der Waals surface area (Å²) in [5.41, 5.74) is 7.97. The third kappa shape index (κ3) is 4.67. The summed E-state index contributed by atoms with van der Waals surface area (Å²) in [6.07, 6.45) is 6.62. The highest BCUT2D eigenvalue weighted by molar-refractivity contribution is 8.00. The second-order valence-corrected chi connectivity index (χ2v) is 8.12. The SMILES string of the molecule is Cc1cc(SC2CCCCC2)ccc1NC(=O)c1ccc(C(N)=O)cc1. The molecule has 136 valence electrons. The molecule has 26 heavy (non-hydrogen) atoms. The van der Waals surface area contributed by atoms with Crippen LogP contribution in [0.5, 0.6) is 0 Å². The van der Waals surface area contributed by atoms with E-state index in [1.54, 1.807) is 24.3 Å². The number of carbonyl (C=O) groups excluding carboxylic acids is 2. The van der Waals surface area contributed by atoms with Crippen molar-refractivity contribution in [2.24, 2.45) is 5.73 Å². The van der Waals surface area contributed by atoms with Gasteiger partial charge in [-0.2, -0.15) is 0 Å². The fraction of sp³-hybridized carbons (Fsp3) is 0.333. The third-order valence-corrected chi connectivity index (χ3v) is 6.06. The minimum atomic E-state index is -0.501. The van der Waals surface area contributed by atoms with Crippen molar-refractivity contribution in [3.63, 3.8) is 0 Å². The Labute approximate surface area is 158 Å². The van der Waals surface area contributed by atoms with Crippen LogP contribution in [-0.2, 0) is 0 Å². The van der Waals surface area contributed by atoms with Crippen LogP contribution >= 0.6 is 11.8 Å². The molecule has 3 rings (SSSR count). The van der Waals surface area contributed by atoms with Crippen LogP contribution < -0.4 is 11.1 Å². The third-order valence-electron chi connectivity index (χ3n) is 4.73. The van der Waals surface area contributed by atoms with E-state index in [-0.39, 0.29) is 5.91 Å². The number of nitrogens with two attached hydrogens (primary N) is 1. The van der Waals surface area contributed by atoms with Crippen LogP contribution in [0.15, 0.2) is 47.4 Å². The van der Waals surface area contributed by atoms with Gasteiger partial charge in [0.2, 0.25) is 5.91 Å². The normalized spacial score (nSPS) is 14.8. The zero-order valence-electron chi connectivity index (χ0n) is 15.0. The number of aryl methyl sites for hydroxylation is 1. The summed E-state index contributed by atoms with van der Waals surface area (Å²) >= 11 is 1.95. The zero-order chi connectivity index (χ0) is 18.5. The summed E-state index contributed by atoms with van der Waals surface area (Å²) in [6, 6.07) is 12.5. The van der Waals surface area contributed by atoms with Crippen molar-refractivity contribution in [2.45, 2.75) is 49.2 Å². The zero-order valence-corrected chi connectivity index (χ0v) is 15.8. The van der Waals surface area contributed by atoms with Gasteiger partial charge in [-0.25, -0.2) is 0 Å². The van der Waals surface area contributed by atoms with Crippen molar-refractivity contribution in [3.8, 4) is 0 Å². The van der Waals surface area contributed by atoms with Gasteiger partial charge in [-0.05, 0) is 67.8 Å². The van der Waals surface area contributed by atoms with E-state index in [0.717, 1.165) is 11.3 Å². The van der Waals surface area contributed by atoms with Crippen LogP contribution in [0.1, 0.15) is 58.4 Å². The highest BCUT2D eigenvalue weighted by atomic mass is 32.2. The van der Waals surface area contributed by atoms with Crippen LogP contribution in [-0.4, -0.2) is 17.1 Å². The van der Waals surface area contributed by atoms with Gasteiger partial charge in [0.25, 0.3) is 5.91 Å². The number of carbonyl (C=O) groups is 2. The number of hydrogen-bond acceptors (Lipinski definition) is 3. The molecule has 5 heteroatoms. The molecule has 2 amide bonds. The predicted molar refractivity (Wildman–Crippen MR) is 107 cm³/mol. The fourth-order valence-corrected chi connectivity index (χ4v) is 4.55. The van der Waals surface area contributed by atoms with Gasteiger partial charge in [0.05, 0.1) is 0 Å². The Morgan fingerprint density at radius 2 is 1.65 bits per heavy atom. The van der Waals surface area contributed by atoms with Crippen LogP contribution in [0.4, 0.5) is 5.69 Å². The molecule has 0 atom stereocenters. The number of thioether (sulfide) groups is 1. The van der Waals surface area contributed by atoms with E-state index < -0.39 is 5.91 Å². The number of primary amides is 1. The fourth-order valence-electron chi connectivity index (χ4n) is 3.21. The first kappa shape index (κ1) is 18.5. The topological polar surface area (TPSA) is 72.2 Å². The molecule has 1 aliphatic rings. The van der Waals surface area contributed by atoms with Crippen LogP contribution in [0.2, 0.25) is 0 Å². The van der Waals surface area contributed by atoms with E-state index in [0.29, 0.717) is 16.4 Å².